The van der Waals surface area contributed by atoms with Crippen LogP contribution < -0.4 is 22.8 Å². The van der Waals surface area contributed by atoms with E-state index in [1.807, 2.05) is 73.4 Å². The average Bonchev–Trinajstić information content (AvgIpc) is 1.67. The minimum atomic E-state index is 0.282. The normalized spacial score (nSPS) is 12.8. The lowest BCUT2D eigenvalue weighted by atomic mass is 9.86. The topological polar surface area (TPSA) is 131 Å². The highest BCUT2D eigenvalue weighted by molar-refractivity contribution is 5.62. The summed E-state index contributed by atoms with van der Waals surface area (Å²) in [6.07, 6.45) is 48.5. The molecule has 536 valence electrons. The Morgan fingerprint density at radius 1 is 0.388 bits per heavy atom. The largest absolute Gasteiger partial charge is 0.308 e. The maximum Gasteiger partial charge on any atom is 0.230 e. The van der Waals surface area contributed by atoms with Gasteiger partial charge in [-0.15, -0.1) is 0 Å². The SMILES string of the molecule is Cc1c[n+](C)c(-c2cn3ccnc3n2C)cc1C(C)C.Cc1c[n+](C)c(-c2cn3ccnc3n2C)cc1C1CCCC1.Cc1c[n+](C)c(-c2cn3ccnc3n2C)cc1CC(C)(C)C.Cc1cc(-c2cn3ccnc3n2C)[n+](C)cc1C.Cn1c(-c2ccc(CC(C)(C)C)c[n+]2C)cn2ccnc12. The zero-order valence-electron chi connectivity index (χ0n) is 65.4. The molecular formula is C83H109N20+5. The molecule has 1 saturated carbocycles. The summed E-state index contributed by atoms with van der Waals surface area (Å²) in [4.78, 5) is 22.0. The van der Waals surface area contributed by atoms with Crippen LogP contribution in [0.3, 0.4) is 0 Å². The van der Waals surface area contributed by atoms with Gasteiger partial charge in [-0.25, -0.2) is 24.9 Å². The summed E-state index contributed by atoms with van der Waals surface area (Å²) in [6.45, 7) is 29.1. The maximum atomic E-state index is 4.43. The molecule has 0 radical (unpaired) electrons. The van der Waals surface area contributed by atoms with Gasteiger partial charge in [0.05, 0.1) is 0 Å². The molecule has 0 aromatic carbocycles. The van der Waals surface area contributed by atoms with Crippen LogP contribution in [0.4, 0.5) is 0 Å². The number of pyridine rings is 5. The number of hydrogen-bond acceptors (Lipinski definition) is 5. The smallest absolute Gasteiger partial charge is 0.230 e. The van der Waals surface area contributed by atoms with Crippen LogP contribution >= 0.6 is 0 Å². The second-order valence-electron chi connectivity index (χ2n) is 31.6. The first-order valence-corrected chi connectivity index (χ1v) is 36.2. The van der Waals surface area contributed by atoms with Gasteiger partial charge in [-0.3, -0.25) is 22.0 Å². The van der Waals surface area contributed by atoms with Crippen LogP contribution in [0.25, 0.3) is 85.8 Å². The van der Waals surface area contributed by atoms with Gasteiger partial charge in [-0.05, 0) is 111 Å². The molecule has 0 saturated heterocycles. The van der Waals surface area contributed by atoms with Crippen molar-refractivity contribution < 1.29 is 22.8 Å². The molecule has 15 aromatic rings. The predicted octanol–water partition coefficient (Wildman–Crippen LogP) is 13.3. The van der Waals surface area contributed by atoms with E-state index in [2.05, 4.69) is 340 Å². The van der Waals surface area contributed by atoms with Crippen molar-refractivity contribution in [3.8, 4) is 56.9 Å². The predicted molar refractivity (Wildman–Crippen MR) is 409 cm³/mol. The van der Waals surface area contributed by atoms with E-state index in [0.29, 0.717) is 11.3 Å². The van der Waals surface area contributed by atoms with E-state index in [1.54, 1.807) is 0 Å². The van der Waals surface area contributed by atoms with Crippen molar-refractivity contribution in [1.29, 1.82) is 0 Å². The Balaban J connectivity index is 0.000000122. The van der Waals surface area contributed by atoms with Gasteiger partial charge in [0.1, 0.15) is 63.7 Å². The van der Waals surface area contributed by atoms with Crippen molar-refractivity contribution in [3.63, 3.8) is 0 Å². The molecule has 0 bridgehead atoms. The molecule has 20 heteroatoms. The van der Waals surface area contributed by atoms with E-state index in [-0.39, 0.29) is 5.41 Å². The van der Waals surface area contributed by atoms with Crippen LogP contribution in [0, 0.1) is 45.4 Å². The van der Waals surface area contributed by atoms with Crippen molar-refractivity contribution in [2.45, 2.75) is 140 Å². The molecular weight excluding hydrogens is 1280 g/mol. The van der Waals surface area contributed by atoms with Crippen LogP contribution in [0.2, 0.25) is 0 Å². The van der Waals surface area contributed by atoms with Crippen LogP contribution in [0.5, 0.6) is 0 Å². The molecule has 15 heterocycles. The van der Waals surface area contributed by atoms with Gasteiger partial charge < -0.3 is 22.8 Å². The Morgan fingerprint density at radius 3 is 1.11 bits per heavy atom. The van der Waals surface area contributed by atoms with Crippen molar-refractivity contribution >= 4 is 28.9 Å². The number of aryl methyl sites for hydroxylation is 15. The number of aromatic nitrogens is 20. The third-order valence-electron chi connectivity index (χ3n) is 20.6. The first kappa shape index (κ1) is 72.3. The molecule has 20 nitrogen and oxygen atoms in total. The Kier molecular flexibility index (Phi) is 20.2. The molecule has 1 fully saturated rings. The van der Waals surface area contributed by atoms with E-state index in [1.165, 1.54) is 133 Å². The minimum Gasteiger partial charge on any atom is -0.308 e. The third-order valence-corrected chi connectivity index (χ3v) is 20.6. The Morgan fingerprint density at radius 2 is 0.728 bits per heavy atom. The number of fused-ring (bicyclic) bond motifs is 5. The van der Waals surface area contributed by atoms with Gasteiger partial charge in [0.25, 0.3) is 0 Å². The van der Waals surface area contributed by atoms with Gasteiger partial charge in [0.15, 0.2) is 31.0 Å². The average molecular weight is 1390 g/mol. The fraction of sp³-hybridized carbons (Fsp3) is 0.398. The molecule has 0 atom stereocenters. The lowest BCUT2D eigenvalue weighted by Gasteiger charge is -2.19. The van der Waals surface area contributed by atoms with Crippen molar-refractivity contribution in [2.75, 3.05) is 0 Å². The molecule has 15 aromatic heterocycles. The number of rotatable bonds is 9. The highest BCUT2D eigenvalue weighted by Gasteiger charge is 2.28. The molecule has 16 rings (SSSR count). The van der Waals surface area contributed by atoms with E-state index < -0.39 is 0 Å². The highest BCUT2D eigenvalue weighted by Crippen LogP contribution is 2.37. The van der Waals surface area contributed by atoms with Crippen molar-refractivity contribution in [3.05, 3.63) is 210 Å². The Bertz CT molecular complexity index is 5550. The molecule has 1 aliphatic carbocycles. The summed E-state index contributed by atoms with van der Waals surface area (Å²) in [5.74, 6) is 6.10. The van der Waals surface area contributed by atoms with Gasteiger partial charge in [0, 0.05) is 186 Å². The quantitative estimate of drug-likeness (QED) is 0.133. The monoisotopic (exact) mass is 1390 g/mol. The van der Waals surface area contributed by atoms with E-state index in [4.69, 9.17) is 0 Å². The van der Waals surface area contributed by atoms with Gasteiger partial charge in [-0.1, -0.05) is 68.2 Å². The standard InChI is InChI=1S/C18H23N4.C18H25N4.C17H23N4.C16H21N4.C14H17N4/c1-13-11-20(2)16(10-15(13)14-6-4-5-7-14)17-12-22-9-8-19-18(22)21(17)3;1-13-11-20(5)15(9-14(13)10-18(2,3)4)16-12-22-8-7-19-17(22)21(16)6;1-17(2,3)10-13-6-7-14(19(4)11-13)15-12-21-9-8-18-16(21)20(15)5;1-11(2)13-8-14(18(4)9-12(13)3)15-10-20-7-6-17-16(20)19(15)5;1-10-7-12(16(3)8-11(10)2)13-9-18-6-5-15-14(18)17(13)4/h8-12,14H,4-7H2,1-3H3;7-9,11-12H,10H2,1-6H3;6-9,11-12H,10H2,1-5H3;6-11H,1-5H3;5-9H,1-4H3/q5*+1. The summed E-state index contributed by atoms with van der Waals surface area (Å²) < 4.78 is 32.0. The summed E-state index contributed by atoms with van der Waals surface area (Å²) in [5, 5.41) is 0. The summed E-state index contributed by atoms with van der Waals surface area (Å²) in [7, 11) is 20.9. The first-order valence-electron chi connectivity index (χ1n) is 36.2. The highest BCUT2D eigenvalue weighted by atomic mass is 15.2. The fourth-order valence-electron chi connectivity index (χ4n) is 15.2. The summed E-state index contributed by atoms with van der Waals surface area (Å²) in [6, 6.07) is 13.7. The second kappa shape index (κ2) is 28.7. The Hall–Kier alpha value is -10.5. The van der Waals surface area contributed by atoms with Gasteiger partial charge in [0.2, 0.25) is 57.4 Å². The zero-order valence-corrected chi connectivity index (χ0v) is 65.4. The van der Waals surface area contributed by atoms with E-state index in [9.17, 15) is 0 Å². The van der Waals surface area contributed by atoms with Crippen molar-refractivity contribution in [2.24, 2.45) is 81.3 Å². The van der Waals surface area contributed by atoms with Crippen LogP contribution in [0.15, 0.2) is 160 Å². The van der Waals surface area contributed by atoms with Crippen LogP contribution in [0.1, 0.15) is 143 Å². The third kappa shape index (κ3) is 14.9. The summed E-state index contributed by atoms with van der Waals surface area (Å²) in [5.41, 5.74) is 25.0. The molecule has 0 amide bonds. The molecule has 103 heavy (non-hydrogen) atoms. The van der Waals surface area contributed by atoms with Crippen LogP contribution in [-0.4, -0.2) is 69.8 Å². The lowest BCUT2D eigenvalue weighted by Crippen LogP contribution is -2.32. The van der Waals surface area contributed by atoms with Crippen LogP contribution in [-0.2, 0) is 83.3 Å². The molecule has 0 unspecified atom stereocenters. The van der Waals surface area contributed by atoms with Gasteiger partial charge in [-0.2, -0.15) is 22.8 Å². The molecule has 0 aliphatic heterocycles. The zero-order chi connectivity index (χ0) is 73.8. The van der Waals surface area contributed by atoms with E-state index >= 15 is 0 Å². The molecule has 1 aliphatic rings. The Labute approximate surface area is 607 Å². The molecule has 0 spiro atoms. The maximum absolute atomic E-state index is 4.43. The minimum absolute atomic E-state index is 0.282. The van der Waals surface area contributed by atoms with Gasteiger partial charge >= 0.3 is 0 Å². The van der Waals surface area contributed by atoms with E-state index in [0.717, 1.165) is 47.6 Å². The van der Waals surface area contributed by atoms with Crippen molar-refractivity contribution in [1.82, 2.24) is 69.8 Å². The summed E-state index contributed by atoms with van der Waals surface area (Å²) >= 11 is 0. The number of nitrogens with zero attached hydrogens (tertiary/aromatic N) is 20. The first-order chi connectivity index (χ1) is 48.8. The number of imidazole rings is 10. The molecule has 0 N–H and O–H groups in total. The second-order valence-corrected chi connectivity index (χ2v) is 31.6. The lowest BCUT2D eigenvalue weighted by molar-refractivity contribution is -0.661. The fourth-order valence-corrected chi connectivity index (χ4v) is 15.2. The number of hydrogen-bond donors (Lipinski definition) is 0.